The maximum Gasteiger partial charge on any atom is 1.00 e. The molecule has 0 saturated heterocycles. The molecule has 0 rings (SSSR count). The summed E-state index contributed by atoms with van der Waals surface area (Å²) in [6.45, 7) is 2.28. The second kappa shape index (κ2) is 25.0. The van der Waals surface area contributed by atoms with E-state index in [4.69, 9.17) is 0 Å². The van der Waals surface area contributed by atoms with E-state index in [1.165, 1.54) is 109 Å². The number of allylic oxidation sites excluding steroid dienone is 1. The zero-order chi connectivity index (χ0) is 20.0. The molecule has 0 radical (unpaired) electrons. The van der Waals surface area contributed by atoms with Crippen molar-refractivity contribution in [1.82, 2.24) is 0 Å². The molecule has 0 aromatic rings. The van der Waals surface area contributed by atoms with Crippen LogP contribution in [0.1, 0.15) is 135 Å². The van der Waals surface area contributed by atoms with Gasteiger partial charge in [0.1, 0.15) is 0 Å². The summed E-state index contributed by atoms with van der Waals surface area (Å²) in [6, 6.07) is 0. The largest absolute Gasteiger partial charge is 1.00 e. The van der Waals surface area contributed by atoms with Gasteiger partial charge in [0.15, 0.2) is 0 Å². The Morgan fingerprint density at radius 1 is 0.679 bits per heavy atom. The van der Waals surface area contributed by atoms with Crippen LogP contribution < -0.4 is 34.7 Å². The van der Waals surface area contributed by atoms with Gasteiger partial charge >= 0.3 is 29.6 Å². The second-order valence-corrected chi connectivity index (χ2v) is 8.03. The third kappa shape index (κ3) is 26.0. The third-order valence-corrected chi connectivity index (χ3v) is 5.29. The van der Waals surface area contributed by atoms with Gasteiger partial charge in [-0.2, -0.15) is 0 Å². The Labute approximate surface area is 197 Å². The molecule has 4 heteroatoms. The van der Waals surface area contributed by atoms with Crippen LogP contribution in [0.4, 0.5) is 0 Å². The van der Waals surface area contributed by atoms with Crippen LogP contribution in [0.3, 0.4) is 0 Å². The van der Waals surface area contributed by atoms with E-state index in [-0.39, 0.29) is 41.7 Å². The van der Waals surface area contributed by atoms with Crippen LogP contribution in [0.15, 0.2) is 11.8 Å². The predicted octanol–water partition coefficient (Wildman–Crippen LogP) is 4.00. The fraction of sp³-hybridized carbons (Fsp3) is 0.875. The Balaban J connectivity index is 0. The second-order valence-electron chi connectivity index (χ2n) is 8.03. The van der Waals surface area contributed by atoms with Crippen LogP contribution in [-0.2, 0) is 4.79 Å². The van der Waals surface area contributed by atoms with E-state index in [9.17, 15) is 15.0 Å². The first-order chi connectivity index (χ1) is 13.2. The van der Waals surface area contributed by atoms with Gasteiger partial charge in [0.2, 0.25) is 0 Å². The third-order valence-electron chi connectivity index (χ3n) is 5.29. The number of rotatable bonds is 21. The molecule has 0 fully saturated rings. The molecule has 0 aliphatic carbocycles. The van der Waals surface area contributed by atoms with Gasteiger partial charge in [0.25, 0.3) is 0 Å². The van der Waals surface area contributed by atoms with Crippen molar-refractivity contribution < 1.29 is 44.6 Å². The minimum Gasteiger partial charge on any atom is -0.550 e. The normalized spacial score (nSPS) is 11.4. The maximum atomic E-state index is 10.3. The summed E-state index contributed by atoms with van der Waals surface area (Å²) >= 11 is 0. The Hall–Kier alpha value is 0.0100. The molecule has 0 atom stereocenters. The maximum absolute atomic E-state index is 10.3. The summed E-state index contributed by atoms with van der Waals surface area (Å²) in [5.74, 6) is -0.949. The fourth-order valence-electron chi connectivity index (χ4n) is 3.51. The van der Waals surface area contributed by atoms with Crippen molar-refractivity contribution in [2.75, 3.05) is 0 Å². The minimum atomic E-state index is -1.14. The topological polar surface area (TPSA) is 60.4 Å². The number of carboxylic acid groups (broad SMARTS) is 1. The molecular weight excluding hydrogens is 359 g/mol. The van der Waals surface area contributed by atoms with Crippen LogP contribution in [0.25, 0.3) is 0 Å². The van der Waals surface area contributed by atoms with E-state index in [1.54, 1.807) is 0 Å². The Kier molecular flexibility index (Phi) is 27.0. The van der Waals surface area contributed by atoms with Crippen molar-refractivity contribution in [1.29, 1.82) is 0 Å². The number of carbonyl (C=O) groups excluding carboxylic acids is 1. The fourth-order valence-corrected chi connectivity index (χ4v) is 3.51. The van der Waals surface area contributed by atoms with Crippen molar-refractivity contribution in [3.8, 4) is 0 Å². The Morgan fingerprint density at radius 3 is 1.32 bits per heavy atom. The zero-order valence-corrected chi connectivity index (χ0v) is 21.0. The van der Waals surface area contributed by atoms with Crippen molar-refractivity contribution in [2.45, 2.75) is 135 Å². The summed E-state index contributed by atoms with van der Waals surface area (Å²) < 4.78 is 0. The van der Waals surface area contributed by atoms with Gasteiger partial charge in [-0.15, -0.1) is 0 Å². The first-order valence-corrected chi connectivity index (χ1v) is 11.7. The van der Waals surface area contributed by atoms with Gasteiger partial charge in [-0.3, -0.25) is 0 Å². The summed E-state index contributed by atoms with van der Waals surface area (Å²) in [5, 5.41) is 19.8. The SMILES string of the molecule is CCCCCCCCCCCCCCCCCCCCC(O)=CCC(=O)[O-].[Na+]. The van der Waals surface area contributed by atoms with E-state index in [0.717, 1.165) is 12.8 Å². The van der Waals surface area contributed by atoms with E-state index in [2.05, 4.69) is 6.92 Å². The quantitative estimate of drug-likeness (QED) is 0.179. The predicted molar refractivity (Wildman–Crippen MR) is 114 cm³/mol. The van der Waals surface area contributed by atoms with Crippen molar-refractivity contribution >= 4 is 5.97 Å². The van der Waals surface area contributed by atoms with Crippen LogP contribution >= 0.6 is 0 Å². The minimum absolute atomic E-state index is 0. The summed E-state index contributed by atoms with van der Waals surface area (Å²) in [7, 11) is 0. The summed E-state index contributed by atoms with van der Waals surface area (Å²) in [5.41, 5.74) is 0. The molecule has 0 aliphatic heterocycles. The van der Waals surface area contributed by atoms with Gasteiger partial charge in [0, 0.05) is 18.8 Å². The van der Waals surface area contributed by atoms with E-state index in [0.29, 0.717) is 6.42 Å². The molecule has 3 nitrogen and oxygen atoms in total. The molecule has 28 heavy (non-hydrogen) atoms. The average molecular weight is 405 g/mol. The Bertz CT molecular complexity index is 356. The molecule has 1 N–H and O–H groups in total. The number of carbonyl (C=O) groups is 1. The van der Waals surface area contributed by atoms with Crippen LogP contribution in [0.5, 0.6) is 0 Å². The van der Waals surface area contributed by atoms with E-state index >= 15 is 0 Å². The van der Waals surface area contributed by atoms with Crippen LogP contribution in [-0.4, -0.2) is 11.1 Å². The molecular formula is C24H45NaO3. The summed E-state index contributed by atoms with van der Waals surface area (Å²) in [4.78, 5) is 10.3. The monoisotopic (exact) mass is 404 g/mol. The number of hydrogen-bond donors (Lipinski definition) is 1. The zero-order valence-electron chi connectivity index (χ0n) is 19.0. The van der Waals surface area contributed by atoms with Gasteiger partial charge in [-0.25, -0.2) is 0 Å². The standard InChI is InChI=1S/C24H46O3.Na/c1-2-3-4-5-6-7-8-9-10-11-12-13-14-15-16-17-18-19-20-23(25)21-22-24(26)27;/h21,25H,2-20,22H2,1H3,(H,26,27);/q;+1/p-1. The van der Waals surface area contributed by atoms with E-state index in [1.807, 2.05) is 0 Å². The molecule has 0 saturated carbocycles. The Morgan fingerprint density at radius 2 is 1.00 bits per heavy atom. The van der Waals surface area contributed by atoms with Gasteiger partial charge < -0.3 is 15.0 Å². The molecule has 0 aromatic heterocycles. The first-order valence-electron chi connectivity index (χ1n) is 11.7. The average Bonchev–Trinajstić information content (AvgIpc) is 2.65. The van der Waals surface area contributed by atoms with Gasteiger partial charge in [-0.1, -0.05) is 116 Å². The molecule has 0 aliphatic rings. The summed E-state index contributed by atoms with van der Waals surface area (Å²) in [6.07, 6.45) is 25.9. The van der Waals surface area contributed by atoms with Crippen molar-refractivity contribution in [3.63, 3.8) is 0 Å². The number of unbranched alkanes of at least 4 members (excludes halogenated alkanes) is 17. The van der Waals surface area contributed by atoms with Gasteiger partial charge in [0.05, 0.1) is 5.76 Å². The van der Waals surface area contributed by atoms with E-state index < -0.39 is 5.97 Å². The number of aliphatic carboxylic acids is 1. The molecule has 0 bridgehead atoms. The molecule has 0 amide bonds. The van der Waals surface area contributed by atoms with Crippen molar-refractivity contribution in [3.05, 3.63) is 11.8 Å². The molecule has 0 spiro atoms. The van der Waals surface area contributed by atoms with Crippen LogP contribution in [0, 0.1) is 0 Å². The molecule has 0 aromatic carbocycles. The molecule has 0 heterocycles. The molecule has 0 unspecified atom stereocenters. The first kappa shape index (κ1) is 30.2. The number of aliphatic hydroxyl groups is 1. The molecule has 160 valence electrons. The number of carboxylic acids is 1. The smallest absolute Gasteiger partial charge is 0.550 e. The number of aliphatic hydroxyl groups excluding tert-OH is 1. The van der Waals surface area contributed by atoms with Gasteiger partial charge in [-0.05, 0) is 12.5 Å². The van der Waals surface area contributed by atoms with Crippen LogP contribution in [0.2, 0.25) is 0 Å². The number of hydrogen-bond acceptors (Lipinski definition) is 3. The van der Waals surface area contributed by atoms with Crippen molar-refractivity contribution in [2.24, 2.45) is 0 Å².